The Bertz CT molecular complexity index is 963. The molecule has 0 N–H and O–H groups in total. The van der Waals surface area contributed by atoms with Crippen LogP contribution < -0.4 is 24.8 Å². The van der Waals surface area contributed by atoms with Crippen molar-refractivity contribution in [3.8, 4) is 0 Å². The van der Waals surface area contributed by atoms with Crippen LogP contribution in [-0.4, -0.2) is 0 Å². The zero-order chi connectivity index (χ0) is 20.5. The van der Waals surface area contributed by atoms with E-state index in [0.29, 0.717) is 0 Å². The van der Waals surface area contributed by atoms with Gasteiger partial charge >= 0.3 is 188 Å². The van der Waals surface area contributed by atoms with Gasteiger partial charge in [0.15, 0.2) is 0 Å². The molecule has 0 saturated carbocycles. The summed E-state index contributed by atoms with van der Waals surface area (Å²) in [6, 6.07) is 18.2. The summed E-state index contributed by atoms with van der Waals surface area (Å²) in [6.07, 6.45) is 17.0. The molecule has 2 aliphatic carbocycles. The molecule has 0 amide bonds. The Morgan fingerprint density at radius 1 is 0.645 bits per heavy atom. The average Bonchev–Trinajstić information content (AvgIpc) is 3.31. The molecule has 160 valence electrons. The van der Waals surface area contributed by atoms with Crippen LogP contribution in [0.5, 0.6) is 0 Å². The smallest absolute Gasteiger partial charge is 1.00 e. The van der Waals surface area contributed by atoms with Crippen molar-refractivity contribution in [2.45, 2.75) is 46.8 Å². The molecule has 3 heteroatoms. The van der Waals surface area contributed by atoms with E-state index in [9.17, 15) is 0 Å². The first-order chi connectivity index (χ1) is 14.0. The molecule has 0 spiro atoms. The first-order valence-corrected chi connectivity index (χ1v) is 13.2. The maximum atomic E-state index is 2.57. The monoisotopic (exact) mass is 526 g/mol. The maximum Gasteiger partial charge on any atom is -1.00 e. The molecular formula is C28H30Cl2Zr. The SMILES string of the molecule is CCc1ccccc1[C]1([Zr+2][C]2(c3ccccc3CC)C=CC(C)=C2)C=CC(C)=C1.[Cl-].[Cl-]. The Hall–Kier alpha value is -1.14. The Labute approximate surface area is 212 Å². The predicted octanol–water partition coefficient (Wildman–Crippen LogP) is 1.02. The third kappa shape index (κ3) is 4.95. The van der Waals surface area contributed by atoms with Gasteiger partial charge in [-0.3, -0.25) is 0 Å². The Morgan fingerprint density at radius 2 is 1.03 bits per heavy atom. The molecule has 0 aliphatic heterocycles. The first-order valence-electron chi connectivity index (χ1n) is 10.8. The van der Waals surface area contributed by atoms with Crippen molar-refractivity contribution < 1.29 is 48.0 Å². The van der Waals surface area contributed by atoms with Crippen molar-refractivity contribution >= 4 is 0 Å². The van der Waals surface area contributed by atoms with Crippen LogP contribution in [0.3, 0.4) is 0 Å². The van der Waals surface area contributed by atoms with E-state index in [1.54, 1.807) is 0 Å². The van der Waals surface area contributed by atoms with Gasteiger partial charge in [0.25, 0.3) is 0 Å². The van der Waals surface area contributed by atoms with Gasteiger partial charge in [0.2, 0.25) is 0 Å². The Balaban J connectivity index is 0.00000171. The van der Waals surface area contributed by atoms with Crippen LogP contribution in [0.25, 0.3) is 0 Å². The van der Waals surface area contributed by atoms with E-state index >= 15 is 0 Å². The molecule has 4 rings (SSSR count). The Kier molecular flexibility index (Phi) is 8.98. The van der Waals surface area contributed by atoms with Crippen LogP contribution in [0.1, 0.15) is 49.9 Å². The van der Waals surface area contributed by atoms with Gasteiger partial charge in [-0.2, -0.15) is 0 Å². The molecule has 2 atom stereocenters. The summed E-state index contributed by atoms with van der Waals surface area (Å²) in [4.78, 5) is 0. The zero-order valence-corrected chi connectivity index (χ0v) is 22.7. The second-order valence-electron chi connectivity index (χ2n) is 8.33. The number of benzene rings is 2. The van der Waals surface area contributed by atoms with E-state index in [1.165, 1.54) is 33.4 Å². The number of allylic oxidation sites excluding steroid dienone is 8. The molecule has 0 bridgehead atoms. The summed E-state index contributed by atoms with van der Waals surface area (Å²) in [7, 11) is 0. The van der Waals surface area contributed by atoms with E-state index < -0.39 is 23.2 Å². The maximum absolute atomic E-state index is 2.57. The third-order valence-corrected chi connectivity index (χ3v) is 11.1. The van der Waals surface area contributed by atoms with Crippen LogP contribution in [0.15, 0.2) is 96.1 Å². The fraction of sp³-hybridized carbons (Fsp3) is 0.286. The average molecular weight is 529 g/mol. The number of hydrogen-bond donors (Lipinski definition) is 0. The normalized spacial score (nSPS) is 23.5. The van der Waals surface area contributed by atoms with Crippen LogP contribution >= 0.6 is 0 Å². The summed E-state index contributed by atoms with van der Waals surface area (Å²) in [5.74, 6) is 0. The van der Waals surface area contributed by atoms with Gasteiger partial charge in [-0.05, 0) is 0 Å². The van der Waals surface area contributed by atoms with Crippen molar-refractivity contribution in [2.75, 3.05) is 0 Å². The van der Waals surface area contributed by atoms with Gasteiger partial charge in [0.05, 0.1) is 0 Å². The third-order valence-electron chi connectivity index (χ3n) is 6.23. The topological polar surface area (TPSA) is 0 Å². The molecule has 0 saturated heterocycles. The van der Waals surface area contributed by atoms with Crippen molar-refractivity contribution in [3.63, 3.8) is 0 Å². The van der Waals surface area contributed by atoms with Gasteiger partial charge < -0.3 is 24.8 Å². The fourth-order valence-corrected chi connectivity index (χ4v) is 10.7. The zero-order valence-electron chi connectivity index (χ0n) is 18.8. The van der Waals surface area contributed by atoms with Crippen molar-refractivity contribution in [2.24, 2.45) is 0 Å². The summed E-state index contributed by atoms with van der Waals surface area (Å²) in [6.45, 7) is 9.08. The molecule has 0 aromatic heterocycles. The quantitative estimate of drug-likeness (QED) is 0.526. The second kappa shape index (κ2) is 10.7. The summed E-state index contributed by atoms with van der Waals surface area (Å²) < 4.78 is 0.179. The second-order valence-corrected chi connectivity index (χ2v) is 13.0. The van der Waals surface area contributed by atoms with Gasteiger partial charge in [-0.15, -0.1) is 0 Å². The minimum atomic E-state index is -1.08. The predicted molar refractivity (Wildman–Crippen MR) is 121 cm³/mol. The molecule has 2 unspecified atom stereocenters. The standard InChI is InChI=1S/2C14H15.2ClH.Zr/c2*1-3-12-6-4-5-7-14(12)13-9-8-11(2)10-13;;;/h2*4-10H,3H2,1-2H3;2*1H;/q;;;;+2/p-2. The van der Waals surface area contributed by atoms with E-state index in [0.717, 1.165) is 12.8 Å². The largest absolute Gasteiger partial charge is 1.00 e. The summed E-state index contributed by atoms with van der Waals surface area (Å²) in [5.41, 5.74) is 8.84. The first kappa shape index (κ1) is 26.1. The van der Waals surface area contributed by atoms with Crippen LogP contribution in [0.4, 0.5) is 0 Å². The number of aryl methyl sites for hydroxylation is 2. The van der Waals surface area contributed by atoms with Crippen LogP contribution in [0, 0.1) is 0 Å². The molecule has 0 radical (unpaired) electrons. The Morgan fingerprint density at radius 3 is 1.35 bits per heavy atom. The number of hydrogen-bond acceptors (Lipinski definition) is 0. The van der Waals surface area contributed by atoms with Gasteiger partial charge in [-0.25, -0.2) is 0 Å². The van der Waals surface area contributed by atoms with E-state index in [4.69, 9.17) is 0 Å². The molecule has 0 heterocycles. The molecule has 0 nitrogen and oxygen atoms in total. The fourth-order valence-electron chi connectivity index (χ4n) is 4.87. The van der Waals surface area contributed by atoms with Crippen molar-refractivity contribution in [1.29, 1.82) is 0 Å². The molecule has 2 aromatic carbocycles. The minimum Gasteiger partial charge on any atom is -1.00 e. The summed E-state index contributed by atoms with van der Waals surface area (Å²) in [5, 5.41) is 0. The van der Waals surface area contributed by atoms with Crippen molar-refractivity contribution in [3.05, 3.63) is 118 Å². The minimum absolute atomic E-state index is 0. The van der Waals surface area contributed by atoms with Gasteiger partial charge in [-0.1, -0.05) is 0 Å². The molecule has 0 fully saturated rings. The number of rotatable bonds is 6. The molecule has 2 aromatic rings. The van der Waals surface area contributed by atoms with Crippen LogP contribution in [0.2, 0.25) is 0 Å². The number of halogens is 2. The van der Waals surface area contributed by atoms with Crippen molar-refractivity contribution in [1.82, 2.24) is 0 Å². The molecular weight excluding hydrogens is 498 g/mol. The molecule has 2 aliphatic rings. The van der Waals surface area contributed by atoms with Crippen LogP contribution in [-0.2, 0) is 42.3 Å². The van der Waals surface area contributed by atoms with Gasteiger partial charge in [0.1, 0.15) is 0 Å². The van der Waals surface area contributed by atoms with Gasteiger partial charge in [0, 0.05) is 0 Å². The van der Waals surface area contributed by atoms with E-state index in [1.807, 2.05) is 0 Å². The van der Waals surface area contributed by atoms with E-state index in [-0.39, 0.29) is 31.1 Å². The molecule has 31 heavy (non-hydrogen) atoms. The summed E-state index contributed by atoms with van der Waals surface area (Å²) >= 11 is -1.08. The van der Waals surface area contributed by atoms with E-state index in [2.05, 4.69) is 113 Å².